The third kappa shape index (κ3) is 1.09. The number of hydrogen-bond acceptors (Lipinski definition) is 2. The van der Waals surface area contributed by atoms with Gasteiger partial charge in [0.15, 0.2) is 5.78 Å². The Hall–Kier alpha value is -0.790. The van der Waals surface area contributed by atoms with E-state index in [-0.39, 0.29) is 5.78 Å². The first-order chi connectivity index (χ1) is 3.79. The third-order valence-electron chi connectivity index (χ3n) is 1.23. The van der Waals surface area contributed by atoms with Crippen LogP contribution in [0.5, 0.6) is 0 Å². The minimum Gasteiger partial charge on any atom is -0.380 e. The summed E-state index contributed by atoms with van der Waals surface area (Å²) >= 11 is 0. The van der Waals surface area contributed by atoms with Crippen LogP contribution in [0.15, 0.2) is 12.3 Å². The lowest BCUT2D eigenvalue weighted by Crippen LogP contribution is -2.19. The summed E-state index contributed by atoms with van der Waals surface area (Å²) in [6.07, 6.45) is 4.10. The second-order valence-corrected chi connectivity index (χ2v) is 2.01. The van der Waals surface area contributed by atoms with Crippen LogP contribution in [0.4, 0.5) is 0 Å². The summed E-state index contributed by atoms with van der Waals surface area (Å²) < 4.78 is 0. The normalized spacial score (nSPS) is 19.6. The zero-order chi connectivity index (χ0) is 5.98. The molecule has 2 heteroatoms. The SMILES string of the molecule is CN1C=CC(=O)CC1. The molecule has 0 saturated carbocycles. The van der Waals surface area contributed by atoms with Crippen molar-refractivity contribution in [2.45, 2.75) is 6.42 Å². The minimum absolute atomic E-state index is 0.239. The molecule has 1 rings (SSSR count). The van der Waals surface area contributed by atoms with E-state index < -0.39 is 0 Å². The molecule has 0 amide bonds. The van der Waals surface area contributed by atoms with Gasteiger partial charge in [-0.2, -0.15) is 0 Å². The number of nitrogens with zero attached hydrogens (tertiary/aromatic N) is 1. The van der Waals surface area contributed by atoms with Gasteiger partial charge in [0.2, 0.25) is 0 Å². The van der Waals surface area contributed by atoms with Crippen LogP contribution >= 0.6 is 0 Å². The van der Waals surface area contributed by atoms with Crippen LogP contribution < -0.4 is 0 Å². The third-order valence-corrected chi connectivity index (χ3v) is 1.23. The second kappa shape index (κ2) is 1.99. The highest BCUT2D eigenvalue weighted by molar-refractivity contribution is 5.90. The molecule has 0 atom stereocenters. The van der Waals surface area contributed by atoms with Gasteiger partial charge in [-0.05, 0) is 6.08 Å². The van der Waals surface area contributed by atoms with Gasteiger partial charge in [0, 0.05) is 26.2 Å². The van der Waals surface area contributed by atoms with Crippen LogP contribution in [0.2, 0.25) is 0 Å². The minimum atomic E-state index is 0.239. The predicted octanol–water partition coefficient (Wildman–Crippen LogP) is 0.405. The van der Waals surface area contributed by atoms with E-state index >= 15 is 0 Å². The molecule has 1 aliphatic heterocycles. The molecule has 0 unspecified atom stereocenters. The molecule has 0 aromatic carbocycles. The average Bonchev–Trinajstić information content (AvgIpc) is 1.77. The van der Waals surface area contributed by atoms with E-state index in [9.17, 15) is 4.79 Å². The van der Waals surface area contributed by atoms with E-state index in [2.05, 4.69) is 0 Å². The highest BCUT2D eigenvalue weighted by Crippen LogP contribution is 1.97. The zero-order valence-corrected chi connectivity index (χ0v) is 4.92. The number of carbonyl (C=O) groups excluding carboxylic acids is 1. The number of ketones is 1. The van der Waals surface area contributed by atoms with Crippen LogP contribution in [-0.2, 0) is 4.79 Å². The average molecular weight is 111 g/mol. The van der Waals surface area contributed by atoms with Crippen LogP contribution in [0.25, 0.3) is 0 Å². The first-order valence-electron chi connectivity index (χ1n) is 2.70. The molecular weight excluding hydrogens is 102 g/mol. The van der Waals surface area contributed by atoms with Crippen molar-refractivity contribution in [2.24, 2.45) is 0 Å². The fraction of sp³-hybridized carbons (Fsp3) is 0.500. The van der Waals surface area contributed by atoms with Gasteiger partial charge in [0.1, 0.15) is 0 Å². The Bertz CT molecular complexity index is 128. The van der Waals surface area contributed by atoms with E-state index in [1.54, 1.807) is 6.08 Å². The predicted molar refractivity (Wildman–Crippen MR) is 31.4 cm³/mol. The highest BCUT2D eigenvalue weighted by Gasteiger charge is 2.03. The molecule has 0 aliphatic carbocycles. The van der Waals surface area contributed by atoms with Crippen LogP contribution in [0.3, 0.4) is 0 Å². The van der Waals surface area contributed by atoms with Gasteiger partial charge >= 0.3 is 0 Å². The van der Waals surface area contributed by atoms with Gasteiger partial charge < -0.3 is 4.90 Å². The van der Waals surface area contributed by atoms with Crippen LogP contribution in [0, 0.1) is 0 Å². The zero-order valence-electron chi connectivity index (χ0n) is 4.92. The van der Waals surface area contributed by atoms with E-state index in [0.29, 0.717) is 6.42 Å². The van der Waals surface area contributed by atoms with Gasteiger partial charge in [-0.25, -0.2) is 0 Å². The number of carbonyl (C=O) groups is 1. The van der Waals surface area contributed by atoms with Crippen molar-refractivity contribution >= 4 is 5.78 Å². The lowest BCUT2D eigenvalue weighted by atomic mass is 10.2. The maximum absolute atomic E-state index is 10.5. The van der Waals surface area contributed by atoms with E-state index in [0.717, 1.165) is 6.54 Å². The van der Waals surface area contributed by atoms with Gasteiger partial charge in [-0.1, -0.05) is 0 Å². The number of hydrogen-bond donors (Lipinski definition) is 0. The summed E-state index contributed by atoms with van der Waals surface area (Å²) in [5, 5.41) is 0. The molecule has 0 aromatic rings. The molecule has 0 radical (unpaired) electrons. The van der Waals surface area contributed by atoms with Crippen molar-refractivity contribution in [2.75, 3.05) is 13.6 Å². The van der Waals surface area contributed by atoms with E-state index in [4.69, 9.17) is 0 Å². The van der Waals surface area contributed by atoms with Gasteiger partial charge in [0.25, 0.3) is 0 Å². The smallest absolute Gasteiger partial charge is 0.158 e. The molecule has 0 saturated heterocycles. The Morgan fingerprint density at radius 3 is 2.88 bits per heavy atom. The fourth-order valence-electron chi connectivity index (χ4n) is 0.655. The molecule has 8 heavy (non-hydrogen) atoms. The molecular formula is C6H9NO. The largest absolute Gasteiger partial charge is 0.380 e. The van der Waals surface area contributed by atoms with Crippen molar-refractivity contribution < 1.29 is 4.79 Å². The Kier molecular flexibility index (Phi) is 1.33. The number of allylic oxidation sites excluding steroid dienone is 1. The van der Waals surface area contributed by atoms with Crippen LogP contribution in [0.1, 0.15) is 6.42 Å². The quantitative estimate of drug-likeness (QED) is 0.451. The summed E-state index contributed by atoms with van der Waals surface area (Å²) in [7, 11) is 1.96. The topological polar surface area (TPSA) is 20.3 Å². The molecule has 0 aromatic heterocycles. The molecule has 0 spiro atoms. The maximum Gasteiger partial charge on any atom is 0.158 e. The molecule has 0 N–H and O–H groups in total. The fourth-order valence-corrected chi connectivity index (χ4v) is 0.655. The Labute approximate surface area is 48.8 Å². The monoisotopic (exact) mass is 111 g/mol. The first kappa shape index (κ1) is 5.35. The molecule has 1 heterocycles. The second-order valence-electron chi connectivity index (χ2n) is 2.01. The van der Waals surface area contributed by atoms with Gasteiger partial charge in [-0.3, -0.25) is 4.79 Å². The Morgan fingerprint density at radius 1 is 1.75 bits per heavy atom. The maximum atomic E-state index is 10.5. The summed E-state index contributed by atoms with van der Waals surface area (Å²) in [6, 6.07) is 0. The summed E-state index contributed by atoms with van der Waals surface area (Å²) in [6.45, 7) is 0.870. The van der Waals surface area contributed by atoms with Crippen molar-refractivity contribution in [3.05, 3.63) is 12.3 Å². The lowest BCUT2D eigenvalue weighted by molar-refractivity contribution is -0.115. The summed E-state index contributed by atoms with van der Waals surface area (Å²) in [5.41, 5.74) is 0. The Morgan fingerprint density at radius 2 is 2.50 bits per heavy atom. The van der Waals surface area contributed by atoms with Crippen LogP contribution in [-0.4, -0.2) is 24.3 Å². The highest BCUT2D eigenvalue weighted by atomic mass is 16.1. The first-order valence-corrected chi connectivity index (χ1v) is 2.70. The van der Waals surface area contributed by atoms with Gasteiger partial charge in [-0.15, -0.1) is 0 Å². The standard InChI is InChI=1S/C6H9NO/c1-7-4-2-6(8)3-5-7/h2,4H,3,5H2,1H3. The van der Waals surface area contributed by atoms with E-state index in [1.807, 2.05) is 18.1 Å². The summed E-state index contributed by atoms with van der Waals surface area (Å²) in [5.74, 6) is 0.239. The summed E-state index contributed by atoms with van der Waals surface area (Å²) in [4.78, 5) is 12.5. The van der Waals surface area contributed by atoms with Crippen molar-refractivity contribution in [1.29, 1.82) is 0 Å². The molecule has 0 fully saturated rings. The number of rotatable bonds is 0. The van der Waals surface area contributed by atoms with Crippen molar-refractivity contribution in [3.8, 4) is 0 Å². The van der Waals surface area contributed by atoms with E-state index in [1.165, 1.54) is 0 Å². The molecule has 0 bridgehead atoms. The molecule has 2 nitrogen and oxygen atoms in total. The lowest BCUT2D eigenvalue weighted by Gasteiger charge is -2.15. The molecule has 1 aliphatic rings. The van der Waals surface area contributed by atoms with Gasteiger partial charge in [0.05, 0.1) is 0 Å². The van der Waals surface area contributed by atoms with Crippen molar-refractivity contribution in [3.63, 3.8) is 0 Å². The van der Waals surface area contributed by atoms with Crippen molar-refractivity contribution in [1.82, 2.24) is 4.90 Å². The molecule has 44 valence electrons. The Balaban J connectivity index is 2.55.